The number of para-hydroxylation sites is 1. The standard InChI is InChI=1S/C16H18ClNO3S/c1-21-16-8-3-2-6-14(16)9-10-18-22(19,20)12-13-5-4-7-15(17)11-13/h2-8,11,18H,9-10,12H2,1H3. The van der Waals surface area contributed by atoms with Gasteiger partial charge in [0, 0.05) is 11.6 Å². The predicted octanol–water partition coefficient (Wildman–Crippen LogP) is 3.01. The van der Waals surface area contributed by atoms with E-state index in [2.05, 4.69) is 4.72 Å². The molecule has 1 N–H and O–H groups in total. The average Bonchev–Trinajstić information content (AvgIpc) is 2.47. The minimum absolute atomic E-state index is 0.0838. The first-order valence-corrected chi connectivity index (χ1v) is 8.87. The lowest BCUT2D eigenvalue weighted by Gasteiger charge is -2.10. The Bertz CT molecular complexity index is 732. The van der Waals surface area contributed by atoms with Crippen LogP contribution >= 0.6 is 11.6 Å². The van der Waals surface area contributed by atoms with Gasteiger partial charge in [-0.25, -0.2) is 13.1 Å². The molecule has 0 radical (unpaired) electrons. The monoisotopic (exact) mass is 339 g/mol. The zero-order valence-electron chi connectivity index (χ0n) is 12.3. The van der Waals surface area contributed by atoms with Gasteiger partial charge in [0.2, 0.25) is 10.0 Å². The van der Waals surface area contributed by atoms with Crippen LogP contribution in [-0.2, 0) is 22.2 Å². The van der Waals surface area contributed by atoms with E-state index in [-0.39, 0.29) is 5.75 Å². The summed E-state index contributed by atoms with van der Waals surface area (Å²) in [6.07, 6.45) is 0.568. The summed E-state index contributed by atoms with van der Waals surface area (Å²) in [6.45, 7) is 0.323. The lowest BCUT2D eigenvalue weighted by molar-refractivity contribution is 0.409. The summed E-state index contributed by atoms with van der Waals surface area (Å²) in [4.78, 5) is 0. The molecular formula is C16H18ClNO3S. The molecule has 118 valence electrons. The normalized spacial score (nSPS) is 11.4. The fourth-order valence-electron chi connectivity index (χ4n) is 2.15. The maximum Gasteiger partial charge on any atom is 0.215 e. The third kappa shape index (κ3) is 5.02. The van der Waals surface area contributed by atoms with Gasteiger partial charge in [-0.1, -0.05) is 41.9 Å². The van der Waals surface area contributed by atoms with Crippen molar-refractivity contribution in [1.82, 2.24) is 4.72 Å². The van der Waals surface area contributed by atoms with E-state index in [4.69, 9.17) is 16.3 Å². The van der Waals surface area contributed by atoms with Crippen molar-refractivity contribution in [2.24, 2.45) is 0 Å². The van der Waals surface area contributed by atoms with Crippen molar-refractivity contribution in [3.63, 3.8) is 0 Å². The second-order valence-electron chi connectivity index (χ2n) is 4.85. The highest BCUT2D eigenvalue weighted by Crippen LogP contribution is 2.17. The molecule has 0 saturated carbocycles. The van der Waals surface area contributed by atoms with E-state index in [1.54, 1.807) is 31.4 Å². The van der Waals surface area contributed by atoms with Gasteiger partial charge >= 0.3 is 0 Å². The fourth-order valence-corrected chi connectivity index (χ4v) is 3.49. The van der Waals surface area contributed by atoms with Gasteiger partial charge in [-0.3, -0.25) is 0 Å². The molecule has 0 bridgehead atoms. The number of halogens is 1. The third-order valence-corrected chi connectivity index (χ3v) is 4.75. The number of hydrogen-bond acceptors (Lipinski definition) is 3. The van der Waals surface area contributed by atoms with Crippen LogP contribution in [0, 0.1) is 0 Å². The molecule has 0 atom stereocenters. The molecule has 4 nitrogen and oxygen atoms in total. The number of methoxy groups -OCH3 is 1. The Morgan fingerprint density at radius 1 is 1.14 bits per heavy atom. The van der Waals surface area contributed by atoms with Crippen molar-refractivity contribution in [2.75, 3.05) is 13.7 Å². The molecule has 0 heterocycles. The van der Waals surface area contributed by atoms with Crippen LogP contribution in [0.2, 0.25) is 5.02 Å². The number of ether oxygens (including phenoxy) is 1. The van der Waals surface area contributed by atoms with Crippen molar-refractivity contribution in [2.45, 2.75) is 12.2 Å². The van der Waals surface area contributed by atoms with Crippen molar-refractivity contribution >= 4 is 21.6 Å². The molecule has 0 aliphatic carbocycles. The molecular weight excluding hydrogens is 322 g/mol. The molecule has 0 saturated heterocycles. The van der Waals surface area contributed by atoms with Gasteiger partial charge in [0.25, 0.3) is 0 Å². The SMILES string of the molecule is COc1ccccc1CCNS(=O)(=O)Cc1cccc(Cl)c1. The van der Waals surface area contributed by atoms with E-state index in [1.807, 2.05) is 24.3 Å². The zero-order chi connectivity index (χ0) is 16.0. The summed E-state index contributed by atoms with van der Waals surface area (Å²) in [5, 5.41) is 0.529. The minimum Gasteiger partial charge on any atom is -0.496 e. The van der Waals surface area contributed by atoms with Crippen molar-refractivity contribution in [3.8, 4) is 5.75 Å². The molecule has 2 aromatic rings. The Morgan fingerprint density at radius 2 is 1.91 bits per heavy atom. The van der Waals surface area contributed by atoms with E-state index in [0.29, 0.717) is 23.6 Å². The van der Waals surface area contributed by atoms with Crippen LogP contribution in [0.1, 0.15) is 11.1 Å². The molecule has 6 heteroatoms. The molecule has 0 aliphatic rings. The quantitative estimate of drug-likeness (QED) is 0.843. The maximum absolute atomic E-state index is 12.1. The number of hydrogen-bond donors (Lipinski definition) is 1. The van der Waals surface area contributed by atoms with E-state index in [9.17, 15) is 8.42 Å². The van der Waals surface area contributed by atoms with Gasteiger partial charge in [-0.05, 0) is 35.7 Å². The first-order valence-electron chi connectivity index (χ1n) is 6.84. The Hall–Kier alpha value is -1.56. The summed E-state index contributed by atoms with van der Waals surface area (Å²) in [5.41, 5.74) is 1.63. The molecule has 0 amide bonds. The molecule has 2 rings (SSSR count). The fraction of sp³-hybridized carbons (Fsp3) is 0.250. The van der Waals surface area contributed by atoms with Crippen molar-refractivity contribution in [1.29, 1.82) is 0 Å². The van der Waals surface area contributed by atoms with Crippen LogP contribution < -0.4 is 9.46 Å². The summed E-state index contributed by atoms with van der Waals surface area (Å²) in [6, 6.07) is 14.4. The second kappa shape index (κ2) is 7.63. The van der Waals surface area contributed by atoms with Crippen LogP contribution in [0.15, 0.2) is 48.5 Å². The summed E-state index contributed by atoms with van der Waals surface area (Å²) < 4.78 is 32.0. The Labute approximate surface area is 136 Å². The van der Waals surface area contributed by atoms with Crippen LogP contribution in [0.4, 0.5) is 0 Å². The summed E-state index contributed by atoms with van der Waals surface area (Å²) >= 11 is 5.86. The van der Waals surface area contributed by atoms with Crippen LogP contribution in [0.25, 0.3) is 0 Å². The Kier molecular flexibility index (Phi) is 5.83. The van der Waals surface area contributed by atoms with E-state index >= 15 is 0 Å². The largest absolute Gasteiger partial charge is 0.496 e. The third-order valence-electron chi connectivity index (χ3n) is 3.15. The van der Waals surface area contributed by atoms with Gasteiger partial charge in [0.1, 0.15) is 5.75 Å². The van der Waals surface area contributed by atoms with Gasteiger partial charge in [-0.2, -0.15) is 0 Å². The molecule has 2 aromatic carbocycles. The first-order chi connectivity index (χ1) is 10.5. The lowest BCUT2D eigenvalue weighted by Crippen LogP contribution is -2.27. The van der Waals surface area contributed by atoms with Gasteiger partial charge < -0.3 is 4.74 Å². The zero-order valence-corrected chi connectivity index (χ0v) is 13.8. The highest BCUT2D eigenvalue weighted by atomic mass is 35.5. The number of benzene rings is 2. The van der Waals surface area contributed by atoms with Gasteiger partial charge in [-0.15, -0.1) is 0 Å². The predicted molar refractivity (Wildman–Crippen MR) is 88.8 cm³/mol. The van der Waals surface area contributed by atoms with Crippen molar-refractivity contribution < 1.29 is 13.2 Å². The number of rotatable bonds is 7. The molecule has 0 unspecified atom stereocenters. The van der Waals surface area contributed by atoms with Crippen molar-refractivity contribution in [3.05, 3.63) is 64.7 Å². The first kappa shape index (κ1) is 16.8. The summed E-state index contributed by atoms with van der Waals surface area (Å²) in [5.74, 6) is 0.677. The maximum atomic E-state index is 12.1. The Morgan fingerprint density at radius 3 is 2.64 bits per heavy atom. The van der Waals surface area contributed by atoms with Crippen LogP contribution in [-0.4, -0.2) is 22.1 Å². The lowest BCUT2D eigenvalue weighted by atomic mass is 10.1. The molecule has 0 spiro atoms. The number of sulfonamides is 1. The van der Waals surface area contributed by atoms with Gasteiger partial charge in [0.15, 0.2) is 0 Å². The minimum atomic E-state index is -3.39. The molecule has 0 aliphatic heterocycles. The molecule has 0 fully saturated rings. The topological polar surface area (TPSA) is 55.4 Å². The number of nitrogens with one attached hydrogen (secondary N) is 1. The Balaban J connectivity index is 1.93. The highest BCUT2D eigenvalue weighted by molar-refractivity contribution is 7.88. The highest BCUT2D eigenvalue weighted by Gasteiger charge is 2.12. The summed E-state index contributed by atoms with van der Waals surface area (Å²) in [7, 11) is -1.79. The molecule has 0 aromatic heterocycles. The van der Waals surface area contributed by atoms with E-state index < -0.39 is 10.0 Å². The van der Waals surface area contributed by atoms with Crippen LogP contribution in [0.3, 0.4) is 0 Å². The average molecular weight is 340 g/mol. The molecule has 22 heavy (non-hydrogen) atoms. The smallest absolute Gasteiger partial charge is 0.215 e. The van der Waals surface area contributed by atoms with E-state index in [1.165, 1.54) is 0 Å². The van der Waals surface area contributed by atoms with Gasteiger partial charge in [0.05, 0.1) is 12.9 Å². The van der Waals surface area contributed by atoms with Crippen LogP contribution in [0.5, 0.6) is 5.75 Å². The van der Waals surface area contributed by atoms with E-state index in [0.717, 1.165) is 11.3 Å². The second-order valence-corrected chi connectivity index (χ2v) is 7.09.